The van der Waals surface area contributed by atoms with Gasteiger partial charge in [0.05, 0.1) is 12.8 Å². The van der Waals surface area contributed by atoms with Gasteiger partial charge in [-0.1, -0.05) is 84.4 Å². The van der Waals surface area contributed by atoms with E-state index >= 15 is 0 Å². The molecular weight excluding hydrogens is 420 g/mol. The molecule has 1 heterocycles. The van der Waals surface area contributed by atoms with E-state index < -0.39 is 0 Å². The Morgan fingerprint density at radius 2 is 1.47 bits per heavy atom. The first-order valence-corrected chi connectivity index (χ1v) is 11.2. The fraction of sp³-hybridized carbons (Fsp3) is 0.231. The minimum absolute atomic E-state index is 0.0956. The fourth-order valence-corrected chi connectivity index (χ4v) is 3.98. The van der Waals surface area contributed by atoms with Crippen LogP contribution in [0.1, 0.15) is 11.1 Å². The smallest absolute Gasteiger partial charge is 0.254 e. The predicted octanol–water partition coefficient (Wildman–Crippen LogP) is 4.27. The Hall–Kier alpha value is -2.99. The first-order valence-electron chi connectivity index (χ1n) is 10.8. The van der Waals surface area contributed by atoms with Crippen LogP contribution in [0.15, 0.2) is 84.0 Å². The molecular formula is C26H27ClN4O. The monoisotopic (exact) mass is 446 g/mol. The normalized spacial score (nSPS) is 15.2. The van der Waals surface area contributed by atoms with E-state index in [1.807, 2.05) is 48.5 Å². The summed E-state index contributed by atoms with van der Waals surface area (Å²) in [6.07, 6.45) is 1.67. The van der Waals surface area contributed by atoms with E-state index in [0.29, 0.717) is 6.54 Å². The van der Waals surface area contributed by atoms with Gasteiger partial charge in [0.15, 0.2) is 0 Å². The second-order valence-corrected chi connectivity index (χ2v) is 8.33. The van der Waals surface area contributed by atoms with Crippen molar-refractivity contribution < 1.29 is 4.79 Å². The van der Waals surface area contributed by atoms with Gasteiger partial charge in [-0.2, -0.15) is 5.10 Å². The molecule has 3 aromatic rings. The number of halogens is 1. The maximum atomic E-state index is 12.3. The van der Waals surface area contributed by atoms with Crippen molar-refractivity contribution in [3.05, 3.63) is 95.0 Å². The van der Waals surface area contributed by atoms with Crippen LogP contribution in [0.2, 0.25) is 5.02 Å². The molecule has 1 saturated heterocycles. The molecule has 3 aromatic carbocycles. The Morgan fingerprint density at radius 1 is 0.844 bits per heavy atom. The third-order valence-electron chi connectivity index (χ3n) is 5.60. The summed E-state index contributed by atoms with van der Waals surface area (Å²) >= 11 is 6.27. The molecule has 0 aromatic heterocycles. The molecule has 0 unspecified atom stereocenters. The number of hydrogen-bond acceptors (Lipinski definition) is 4. The summed E-state index contributed by atoms with van der Waals surface area (Å²) in [6, 6.07) is 26.3. The fourth-order valence-electron chi connectivity index (χ4n) is 3.78. The molecule has 1 N–H and O–H groups in total. The predicted molar refractivity (Wildman–Crippen MR) is 131 cm³/mol. The number of benzene rings is 3. The zero-order valence-corrected chi connectivity index (χ0v) is 18.7. The van der Waals surface area contributed by atoms with Gasteiger partial charge in [-0.25, -0.2) is 5.43 Å². The van der Waals surface area contributed by atoms with Crippen LogP contribution in [-0.2, 0) is 11.3 Å². The minimum atomic E-state index is -0.0956. The lowest BCUT2D eigenvalue weighted by Crippen LogP contribution is -2.48. The van der Waals surface area contributed by atoms with Crippen LogP contribution in [0.4, 0.5) is 0 Å². The van der Waals surface area contributed by atoms with Crippen molar-refractivity contribution in [1.82, 2.24) is 15.2 Å². The summed E-state index contributed by atoms with van der Waals surface area (Å²) in [5.41, 5.74) is 7.06. The maximum absolute atomic E-state index is 12.3. The summed E-state index contributed by atoms with van der Waals surface area (Å²) in [6.45, 7) is 4.72. The average molecular weight is 447 g/mol. The van der Waals surface area contributed by atoms with Crippen LogP contribution in [-0.4, -0.2) is 54.6 Å². The number of hydrogen-bond donors (Lipinski definition) is 1. The maximum Gasteiger partial charge on any atom is 0.254 e. The van der Waals surface area contributed by atoms with Gasteiger partial charge in [0.1, 0.15) is 0 Å². The minimum Gasteiger partial charge on any atom is -0.296 e. The lowest BCUT2D eigenvalue weighted by Gasteiger charge is -2.34. The number of carbonyl (C=O) groups is 1. The second-order valence-electron chi connectivity index (χ2n) is 7.92. The molecule has 0 bridgehead atoms. The molecule has 1 aliphatic rings. The van der Waals surface area contributed by atoms with Crippen LogP contribution in [0.3, 0.4) is 0 Å². The van der Waals surface area contributed by atoms with Crippen molar-refractivity contribution >= 4 is 23.7 Å². The zero-order chi connectivity index (χ0) is 22.2. The molecule has 0 aliphatic carbocycles. The van der Waals surface area contributed by atoms with Gasteiger partial charge in [-0.15, -0.1) is 0 Å². The van der Waals surface area contributed by atoms with Gasteiger partial charge >= 0.3 is 0 Å². The molecule has 6 heteroatoms. The Balaban J connectivity index is 1.19. The van der Waals surface area contributed by atoms with E-state index in [4.69, 9.17) is 11.6 Å². The van der Waals surface area contributed by atoms with Crippen LogP contribution in [0, 0.1) is 0 Å². The van der Waals surface area contributed by atoms with Crippen LogP contribution in [0.25, 0.3) is 11.1 Å². The number of carbonyl (C=O) groups excluding carboxylic acids is 1. The highest BCUT2D eigenvalue weighted by Crippen LogP contribution is 2.19. The number of amides is 1. The second kappa shape index (κ2) is 11.0. The Morgan fingerprint density at radius 3 is 2.19 bits per heavy atom. The molecule has 1 amide bonds. The molecule has 5 nitrogen and oxygen atoms in total. The number of nitrogens with zero attached hydrogens (tertiary/aromatic N) is 3. The van der Waals surface area contributed by atoms with E-state index in [2.05, 4.69) is 50.7 Å². The van der Waals surface area contributed by atoms with Crippen LogP contribution < -0.4 is 5.43 Å². The van der Waals surface area contributed by atoms with E-state index in [0.717, 1.165) is 54.4 Å². The quantitative estimate of drug-likeness (QED) is 0.435. The molecule has 0 radical (unpaired) electrons. The number of rotatable bonds is 7. The van der Waals surface area contributed by atoms with Gasteiger partial charge in [-0.05, 0) is 28.3 Å². The number of nitrogens with one attached hydrogen (secondary N) is 1. The highest BCUT2D eigenvalue weighted by Gasteiger charge is 2.19. The van der Waals surface area contributed by atoms with Crippen molar-refractivity contribution in [2.75, 3.05) is 32.7 Å². The van der Waals surface area contributed by atoms with Gasteiger partial charge < -0.3 is 0 Å². The van der Waals surface area contributed by atoms with Gasteiger partial charge in [-0.3, -0.25) is 14.6 Å². The zero-order valence-electron chi connectivity index (χ0n) is 18.0. The topological polar surface area (TPSA) is 47.9 Å². The number of piperazine rings is 1. The molecule has 32 heavy (non-hydrogen) atoms. The van der Waals surface area contributed by atoms with E-state index in [9.17, 15) is 4.79 Å². The molecule has 0 spiro atoms. The van der Waals surface area contributed by atoms with Gasteiger partial charge in [0.2, 0.25) is 0 Å². The molecule has 1 aliphatic heterocycles. The summed E-state index contributed by atoms with van der Waals surface area (Å²) in [4.78, 5) is 16.8. The van der Waals surface area contributed by atoms with E-state index in [1.54, 1.807) is 6.21 Å². The lowest BCUT2D eigenvalue weighted by molar-refractivity contribution is -0.122. The Bertz CT molecular complexity index is 1040. The molecule has 0 atom stereocenters. The standard InChI is InChI=1S/C26H27ClN4O/c27-25-9-5-4-8-24(25)19-30-14-16-31(17-15-30)20-26(32)29-28-18-21-10-12-23(13-11-21)22-6-2-1-3-7-22/h1-13,18H,14-17,19-20H2,(H,29,32)/b28-18-. The van der Waals surface area contributed by atoms with Crippen LogP contribution >= 0.6 is 11.6 Å². The van der Waals surface area contributed by atoms with E-state index in [-0.39, 0.29) is 5.91 Å². The van der Waals surface area contributed by atoms with Crippen molar-refractivity contribution in [2.24, 2.45) is 5.10 Å². The molecule has 164 valence electrons. The molecule has 1 fully saturated rings. The largest absolute Gasteiger partial charge is 0.296 e. The summed E-state index contributed by atoms with van der Waals surface area (Å²) in [5.74, 6) is -0.0956. The Kier molecular flexibility index (Phi) is 7.67. The van der Waals surface area contributed by atoms with Gasteiger partial charge in [0.25, 0.3) is 5.91 Å². The summed E-state index contributed by atoms with van der Waals surface area (Å²) in [7, 11) is 0. The molecule has 0 saturated carbocycles. The first-order chi connectivity index (χ1) is 15.7. The van der Waals surface area contributed by atoms with Crippen molar-refractivity contribution in [3.8, 4) is 11.1 Å². The number of hydrazone groups is 1. The van der Waals surface area contributed by atoms with Crippen molar-refractivity contribution in [1.29, 1.82) is 0 Å². The van der Waals surface area contributed by atoms with Crippen molar-refractivity contribution in [2.45, 2.75) is 6.54 Å². The van der Waals surface area contributed by atoms with Gasteiger partial charge in [0, 0.05) is 37.7 Å². The van der Waals surface area contributed by atoms with E-state index in [1.165, 1.54) is 5.56 Å². The average Bonchev–Trinajstić information content (AvgIpc) is 2.83. The summed E-state index contributed by atoms with van der Waals surface area (Å²) in [5, 5.41) is 4.92. The highest BCUT2D eigenvalue weighted by atomic mass is 35.5. The third-order valence-corrected chi connectivity index (χ3v) is 5.97. The SMILES string of the molecule is O=C(CN1CCN(Cc2ccccc2Cl)CC1)N/N=C\c1ccc(-c2ccccc2)cc1. The Labute approximate surface area is 194 Å². The summed E-state index contributed by atoms with van der Waals surface area (Å²) < 4.78 is 0. The lowest BCUT2D eigenvalue weighted by atomic mass is 10.0. The van der Waals surface area contributed by atoms with Crippen molar-refractivity contribution in [3.63, 3.8) is 0 Å². The highest BCUT2D eigenvalue weighted by molar-refractivity contribution is 6.31. The molecule has 4 rings (SSSR count). The van der Waals surface area contributed by atoms with Crippen LogP contribution in [0.5, 0.6) is 0 Å². The third kappa shape index (κ3) is 6.26. The first kappa shape index (κ1) is 22.2.